The highest BCUT2D eigenvalue weighted by Crippen LogP contribution is 2.16. The molecule has 0 aromatic carbocycles. The molecule has 1 aliphatic heterocycles. The van der Waals surface area contributed by atoms with Crippen molar-refractivity contribution >= 4 is 17.7 Å². The summed E-state index contributed by atoms with van der Waals surface area (Å²) in [7, 11) is 0. The number of nitrogens with one attached hydrogen (secondary N) is 2. The average Bonchev–Trinajstić information content (AvgIpc) is 2.58. The number of aromatic nitrogens is 1. The second kappa shape index (κ2) is 8.97. The van der Waals surface area contributed by atoms with Crippen molar-refractivity contribution in [1.29, 1.82) is 0 Å². The molecule has 8 nitrogen and oxygen atoms in total. The summed E-state index contributed by atoms with van der Waals surface area (Å²) < 4.78 is 0. The molecule has 1 fully saturated rings. The van der Waals surface area contributed by atoms with Crippen LogP contribution in [-0.2, 0) is 9.59 Å². The highest BCUT2D eigenvalue weighted by atomic mass is 16.2. The van der Waals surface area contributed by atoms with E-state index in [1.54, 1.807) is 18.3 Å². The van der Waals surface area contributed by atoms with Crippen LogP contribution < -0.4 is 16.4 Å². The Bertz CT molecular complexity index is 578. The smallest absolute Gasteiger partial charge is 0.252 e. The Morgan fingerprint density at radius 3 is 2.79 bits per heavy atom. The van der Waals surface area contributed by atoms with E-state index in [4.69, 9.17) is 5.73 Å². The van der Waals surface area contributed by atoms with Crippen LogP contribution in [0.25, 0.3) is 0 Å². The Morgan fingerprint density at radius 2 is 2.08 bits per heavy atom. The molecule has 8 heteroatoms. The fraction of sp³-hybridized carbons (Fsp3) is 0.500. The minimum atomic E-state index is -0.380. The third-order valence-corrected chi connectivity index (χ3v) is 3.89. The first-order chi connectivity index (χ1) is 11.6. The number of hydrogen-bond donors (Lipinski definition) is 3. The number of piperidine rings is 1. The summed E-state index contributed by atoms with van der Waals surface area (Å²) in [6, 6.07) is 3.37. The Labute approximate surface area is 140 Å². The summed E-state index contributed by atoms with van der Waals surface area (Å²) in [5.41, 5.74) is 5.68. The molecule has 130 valence electrons. The number of primary amides is 1. The van der Waals surface area contributed by atoms with Crippen molar-refractivity contribution in [3.05, 3.63) is 30.1 Å². The molecule has 1 atom stereocenters. The van der Waals surface area contributed by atoms with Crippen LogP contribution in [0.15, 0.2) is 24.5 Å². The average molecular weight is 333 g/mol. The largest absolute Gasteiger partial charge is 0.369 e. The van der Waals surface area contributed by atoms with Crippen LogP contribution in [0.3, 0.4) is 0 Å². The minimum Gasteiger partial charge on any atom is -0.369 e. The van der Waals surface area contributed by atoms with Crippen LogP contribution >= 0.6 is 0 Å². The molecule has 1 saturated heterocycles. The summed E-state index contributed by atoms with van der Waals surface area (Å²) in [6.45, 7) is 2.21. The van der Waals surface area contributed by atoms with Gasteiger partial charge in [0.25, 0.3) is 5.91 Å². The second-order valence-corrected chi connectivity index (χ2v) is 5.83. The van der Waals surface area contributed by atoms with E-state index in [-0.39, 0.29) is 30.2 Å². The van der Waals surface area contributed by atoms with Gasteiger partial charge >= 0.3 is 0 Å². The van der Waals surface area contributed by atoms with E-state index in [1.807, 2.05) is 4.90 Å². The van der Waals surface area contributed by atoms with Gasteiger partial charge in [-0.3, -0.25) is 24.3 Å². The molecule has 1 unspecified atom stereocenters. The van der Waals surface area contributed by atoms with E-state index < -0.39 is 0 Å². The molecule has 1 aromatic rings. The molecule has 0 aliphatic carbocycles. The molecule has 0 bridgehead atoms. The minimum absolute atomic E-state index is 0.0557. The van der Waals surface area contributed by atoms with Crippen molar-refractivity contribution < 1.29 is 14.4 Å². The lowest BCUT2D eigenvalue weighted by Crippen LogP contribution is -2.46. The topological polar surface area (TPSA) is 117 Å². The van der Waals surface area contributed by atoms with Gasteiger partial charge in [-0.2, -0.15) is 0 Å². The molecule has 1 aliphatic rings. The Hall–Kier alpha value is -2.48. The van der Waals surface area contributed by atoms with Gasteiger partial charge in [-0.15, -0.1) is 0 Å². The number of pyridine rings is 1. The summed E-state index contributed by atoms with van der Waals surface area (Å²) in [5.74, 6) is -0.802. The number of carbonyl (C=O) groups excluding carboxylic acids is 3. The highest BCUT2D eigenvalue weighted by Gasteiger charge is 2.26. The lowest BCUT2D eigenvalue weighted by molar-refractivity contribution is -0.128. The standard InChI is InChI=1S/C16H23N5O3/c17-14(22)11-21-8-2-4-13(10-21)16(24)20-7-6-19-15(23)12-3-1-5-18-9-12/h1,3,5,9,13H,2,4,6-8,10-11H2,(H2,17,22)(H,19,23)(H,20,24). The van der Waals surface area contributed by atoms with Crippen molar-refractivity contribution in [2.75, 3.05) is 32.7 Å². The zero-order valence-electron chi connectivity index (χ0n) is 13.5. The van der Waals surface area contributed by atoms with Crippen LogP contribution in [0, 0.1) is 5.92 Å². The molecule has 3 amide bonds. The fourth-order valence-corrected chi connectivity index (χ4v) is 2.74. The van der Waals surface area contributed by atoms with Crippen molar-refractivity contribution in [3.63, 3.8) is 0 Å². The van der Waals surface area contributed by atoms with Gasteiger partial charge in [0.1, 0.15) is 0 Å². The van der Waals surface area contributed by atoms with E-state index in [0.717, 1.165) is 19.4 Å². The second-order valence-electron chi connectivity index (χ2n) is 5.83. The molecule has 0 spiro atoms. The predicted octanol–water partition coefficient (Wildman–Crippen LogP) is -0.875. The van der Waals surface area contributed by atoms with Gasteiger partial charge in [-0.25, -0.2) is 0 Å². The Balaban J connectivity index is 1.67. The van der Waals surface area contributed by atoms with Crippen LogP contribution in [-0.4, -0.2) is 60.3 Å². The summed E-state index contributed by atoms with van der Waals surface area (Å²) in [6.07, 6.45) is 4.75. The van der Waals surface area contributed by atoms with Gasteiger partial charge in [0, 0.05) is 32.0 Å². The van der Waals surface area contributed by atoms with Gasteiger partial charge in [-0.1, -0.05) is 0 Å². The lowest BCUT2D eigenvalue weighted by atomic mass is 9.97. The van der Waals surface area contributed by atoms with E-state index in [2.05, 4.69) is 15.6 Å². The molecular formula is C16H23N5O3. The number of likely N-dealkylation sites (tertiary alicyclic amines) is 1. The first-order valence-electron chi connectivity index (χ1n) is 8.03. The maximum Gasteiger partial charge on any atom is 0.252 e. The van der Waals surface area contributed by atoms with Gasteiger partial charge in [-0.05, 0) is 31.5 Å². The molecule has 2 rings (SSSR count). The van der Waals surface area contributed by atoms with Crippen LogP contribution in [0.2, 0.25) is 0 Å². The maximum atomic E-state index is 12.2. The monoisotopic (exact) mass is 333 g/mol. The van der Waals surface area contributed by atoms with E-state index in [0.29, 0.717) is 25.2 Å². The predicted molar refractivity (Wildman–Crippen MR) is 87.9 cm³/mol. The normalized spacial score (nSPS) is 17.9. The fourth-order valence-electron chi connectivity index (χ4n) is 2.74. The number of hydrogen-bond acceptors (Lipinski definition) is 5. The van der Waals surface area contributed by atoms with E-state index >= 15 is 0 Å². The number of carbonyl (C=O) groups is 3. The third-order valence-electron chi connectivity index (χ3n) is 3.89. The molecule has 1 aromatic heterocycles. The molecule has 24 heavy (non-hydrogen) atoms. The number of rotatable bonds is 7. The van der Waals surface area contributed by atoms with Crippen molar-refractivity contribution in [1.82, 2.24) is 20.5 Å². The lowest BCUT2D eigenvalue weighted by Gasteiger charge is -2.30. The molecule has 0 radical (unpaired) electrons. The van der Waals surface area contributed by atoms with E-state index in [9.17, 15) is 14.4 Å². The van der Waals surface area contributed by atoms with Crippen molar-refractivity contribution in [3.8, 4) is 0 Å². The van der Waals surface area contributed by atoms with Gasteiger partial charge in [0.2, 0.25) is 11.8 Å². The first-order valence-corrected chi connectivity index (χ1v) is 8.03. The van der Waals surface area contributed by atoms with Crippen LogP contribution in [0.1, 0.15) is 23.2 Å². The van der Waals surface area contributed by atoms with Crippen molar-refractivity contribution in [2.45, 2.75) is 12.8 Å². The van der Waals surface area contributed by atoms with Gasteiger partial charge in [0.15, 0.2) is 0 Å². The van der Waals surface area contributed by atoms with Crippen LogP contribution in [0.4, 0.5) is 0 Å². The van der Waals surface area contributed by atoms with Crippen molar-refractivity contribution in [2.24, 2.45) is 11.7 Å². The maximum absolute atomic E-state index is 12.2. The summed E-state index contributed by atoms with van der Waals surface area (Å²) in [4.78, 5) is 40.7. The number of amides is 3. The van der Waals surface area contributed by atoms with E-state index in [1.165, 1.54) is 6.20 Å². The molecule has 0 saturated carbocycles. The number of nitrogens with two attached hydrogens (primary N) is 1. The molecule has 2 heterocycles. The summed E-state index contributed by atoms with van der Waals surface area (Å²) in [5, 5.41) is 5.55. The third kappa shape index (κ3) is 5.62. The molecule has 4 N–H and O–H groups in total. The zero-order chi connectivity index (χ0) is 17.4. The summed E-state index contributed by atoms with van der Waals surface area (Å²) >= 11 is 0. The quantitative estimate of drug-likeness (QED) is 0.561. The zero-order valence-corrected chi connectivity index (χ0v) is 13.5. The SMILES string of the molecule is NC(=O)CN1CCCC(C(=O)NCCNC(=O)c2cccnc2)C1. The van der Waals surface area contributed by atoms with Gasteiger partial charge < -0.3 is 16.4 Å². The van der Waals surface area contributed by atoms with Gasteiger partial charge in [0.05, 0.1) is 18.0 Å². The first kappa shape index (κ1) is 17.9. The Morgan fingerprint density at radius 1 is 1.29 bits per heavy atom. The number of nitrogens with zero attached hydrogens (tertiary/aromatic N) is 2. The highest BCUT2D eigenvalue weighted by molar-refractivity contribution is 5.93. The molecular weight excluding hydrogens is 310 g/mol. The van der Waals surface area contributed by atoms with Crippen LogP contribution in [0.5, 0.6) is 0 Å². The Kier molecular flexibility index (Phi) is 6.68.